The molecular formula is C12H15ClN4O9S. The highest BCUT2D eigenvalue weighted by Crippen LogP contribution is 2.36. The fourth-order valence-corrected chi connectivity index (χ4v) is 3.36. The molecule has 0 amide bonds. The first-order chi connectivity index (χ1) is 12.4. The lowest BCUT2D eigenvalue weighted by molar-refractivity contribution is -0.771. The number of nitrogens with zero attached hydrogens (tertiary/aromatic N) is 3. The largest absolute Gasteiger partial charge is 0.744 e. The first kappa shape index (κ1) is 22.6. The molecular weight excluding hydrogens is 412 g/mol. The molecule has 1 aromatic carbocycles. The number of benzene rings is 1. The van der Waals surface area contributed by atoms with Crippen LogP contribution in [0.3, 0.4) is 0 Å². The van der Waals surface area contributed by atoms with Crippen molar-refractivity contribution in [1.29, 1.82) is 0 Å². The van der Waals surface area contributed by atoms with Gasteiger partial charge in [-0.15, -0.1) is 11.6 Å². The molecule has 1 heterocycles. The van der Waals surface area contributed by atoms with Crippen LogP contribution in [0.25, 0.3) is 0 Å². The first-order valence-electron chi connectivity index (χ1n) is 7.41. The van der Waals surface area contributed by atoms with E-state index in [1.165, 1.54) is 19.5 Å². The van der Waals surface area contributed by atoms with E-state index in [0.717, 1.165) is 11.9 Å². The third-order valence-electron chi connectivity index (χ3n) is 3.72. The third-order valence-corrected chi connectivity index (χ3v) is 4.83. The lowest BCUT2D eigenvalue weighted by atomic mass is 10.2. The van der Waals surface area contributed by atoms with Crippen molar-refractivity contribution in [3.05, 3.63) is 42.5 Å². The van der Waals surface area contributed by atoms with Gasteiger partial charge in [-0.3, -0.25) is 30.3 Å². The standard InChI is InChI=1S/C6H12ClN.C6H3N3O9S/c1-2-6-5-8(6)4-3-7;10-7(11)3-1-4(8(12)13)6(19(16,17)18)5(2-3)9(14)15/h6H,2-5H2,1H3;1-2H,(H,16,17,18). The quantitative estimate of drug-likeness (QED) is 0.208. The molecule has 0 saturated carbocycles. The molecule has 1 saturated heterocycles. The number of halogens is 1. The van der Waals surface area contributed by atoms with Gasteiger partial charge in [-0.1, -0.05) is 6.92 Å². The van der Waals surface area contributed by atoms with E-state index in [-0.39, 0.29) is 12.1 Å². The molecule has 1 N–H and O–H groups in total. The number of nitro groups is 3. The average Bonchev–Trinajstić information content (AvgIpc) is 3.31. The Morgan fingerprint density at radius 3 is 1.85 bits per heavy atom. The Morgan fingerprint density at radius 1 is 1.11 bits per heavy atom. The summed E-state index contributed by atoms with van der Waals surface area (Å²) in [7, 11) is -5.55. The van der Waals surface area contributed by atoms with Crippen molar-refractivity contribution in [2.75, 3.05) is 19.0 Å². The van der Waals surface area contributed by atoms with Crippen LogP contribution in [0.15, 0.2) is 17.0 Å². The van der Waals surface area contributed by atoms with Crippen LogP contribution in [0.2, 0.25) is 0 Å². The topological polar surface area (TPSA) is 191 Å². The highest BCUT2D eigenvalue weighted by Gasteiger charge is 2.37. The van der Waals surface area contributed by atoms with Gasteiger partial charge in [0.1, 0.15) is 22.7 Å². The van der Waals surface area contributed by atoms with Crippen molar-refractivity contribution in [1.82, 2.24) is 0 Å². The zero-order valence-electron chi connectivity index (χ0n) is 13.9. The van der Waals surface area contributed by atoms with E-state index in [1.807, 2.05) is 0 Å². The number of rotatable bonds is 7. The van der Waals surface area contributed by atoms with E-state index in [0.29, 0.717) is 0 Å². The van der Waals surface area contributed by atoms with Crippen molar-refractivity contribution >= 4 is 38.8 Å². The third kappa shape index (κ3) is 6.06. The molecule has 15 heteroatoms. The summed E-state index contributed by atoms with van der Waals surface area (Å²) in [6.45, 7) is 4.77. The van der Waals surface area contributed by atoms with Gasteiger partial charge in [-0.05, 0) is 0 Å². The van der Waals surface area contributed by atoms with Gasteiger partial charge >= 0.3 is 11.4 Å². The summed E-state index contributed by atoms with van der Waals surface area (Å²) in [6, 6.07) is 1.28. The summed E-state index contributed by atoms with van der Waals surface area (Å²) in [4.78, 5) is 27.5. The highest BCUT2D eigenvalue weighted by atomic mass is 35.5. The van der Waals surface area contributed by atoms with Crippen molar-refractivity contribution in [2.45, 2.75) is 24.3 Å². The molecule has 150 valence electrons. The summed E-state index contributed by atoms with van der Waals surface area (Å²) in [5.74, 6) is 0.825. The van der Waals surface area contributed by atoms with Crippen molar-refractivity contribution in [2.24, 2.45) is 0 Å². The van der Waals surface area contributed by atoms with E-state index in [1.54, 1.807) is 4.90 Å². The van der Waals surface area contributed by atoms with Gasteiger partial charge in [0.05, 0.1) is 39.3 Å². The minimum atomic E-state index is -5.55. The predicted molar refractivity (Wildman–Crippen MR) is 89.9 cm³/mol. The maximum absolute atomic E-state index is 10.8. The van der Waals surface area contributed by atoms with E-state index in [4.69, 9.17) is 11.6 Å². The Balaban J connectivity index is 0.000000377. The minimum Gasteiger partial charge on any atom is -0.744 e. The number of nitrogens with one attached hydrogen (secondary N) is 1. The zero-order valence-corrected chi connectivity index (χ0v) is 15.4. The Bertz CT molecular complexity index is 825. The van der Waals surface area contributed by atoms with Crippen molar-refractivity contribution < 1.29 is 32.6 Å². The van der Waals surface area contributed by atoms with Gasteiger partial charge < -0.3 is 9.45 Å². The van der Waals surface area contributed by atoms with E-state index in [9.17, 15) is 43.3 Å². The molecule has 2 atom stereocenters. The monoisotopic (exact) mass is 426 g/mol. The second kappa shape index (κ2) is 8.98. The van der Waals surface area contributed by atoms with Gasteiger partial charge in [-0.2, -0.15) is 0 Å². The van der Waals surface area contributed by atoms with E-state index in [2.05, 4.69) is 6.92 Å². The van der Waals surface area contributed by atoms with Crippen LogP contribution >= 0.6 is 11.6 Å². The molecule has 2 unspecified atom stereocenters. The fourth-order valence-electron chi connectivity index (χ4n) is 2.34. The summed E-state index contributed by atoms with van der Waals surface area (Å²) in [5, 5.41) is 31.6. The van der Waals surface area contributed by atoms with Gasteiger partial charge in [0, 0.05) is 6.42 Å². The first-order valence-corrected chi connectivity index (χ1v) is 9.35. The van der Waals surface area contributed by atoms with Crippen LogP contribution in [0.1, 0.15) is 13.3 Å². The van der Waals surface area contributed by atoms with Crippen LogP contribution < -0.4 is 4.90 Å². The molecule has 2 rings (SSSR count). The number of hydrogen-bond acceptors (Lipinski definition) is 9. The maximum atomic E-state index is 10.8. The molecule has 13 nitrogen and oxygen atoms in total. The lowest BCUT2D eigenvalue weighted by Gasteiger charge is -2.07. The van der Waals surface area contributed by atoms with Crippen molar-refractivity contribution in [3.63, 3.8) is 0 Å². The summed E-state index contributed by atoms with van der Waals surface area (Å²) in [6.07, 6.45) is 1.33. The zero-order chi connectivity index (χ0) is 20.9. The second-order valence-electron chi connectivity index (χ2n) is 5.45. The molecule has 0 aromatic heterocycles. The molecule has 0 aliphatic carbocycles. The molecule has 1 aliphatic rings. The number of nitro benzene ring substituents is 3. The molecule has 1 fully saturated rings. The SMILES string of the molecule is CCC1C[NH+]1CCCl.O=[N+]([O-])c1cc([N+](=O)[O-])c(S(=O)(=O)[O-])c([N+](=O)[O-])c1. The number of alkyl halides is 1. The molecule has 0 spiro atoms. The van der Waals surface area contributed by atoms with Crippen LogP contribution in [-0.2, 0) is 10.1 Å². The summed E-state index contributed by atoms with van der Waals surface area (Å²) < 4.78 is 32.5. The van der Waals surface area contributed by atoms with Gasteiger partial charge in [0.2, 0.25) is 4.90 Å². The molecule has 0 bridgehead atoms. The van der Waals surface area contributed by atoms with Crippen LogP contribution in [0.5, 0.6) is 0 Å². The van der Waals surface area contributed by atoms with Crippen LogP contribution in [0.4, 0.5) is 17.1 Å². The Morgan fingerprint density at radius 2 is 1.59 bits per heavy atom. The average molecular weight is 427 g/mol. The van der Waals surface area contributed by atoms with Crippen LogP contribution in [0, 0.1) is 30.3 Å². The lowest BCUT2D eigenvalue weighted by Crippen LogP contribution is -2.94. The number of hydrogen-bond donors (Lipinski definition) is 1. The minimum absolute atomic E-state index is 0.164. The van der Waals surface area contributed by atoms with Crippen molar-refractivity contribution in [3.8, 4) is 0 Å². The Hall–Kier alpha value is -2.42. The normalized spacial score (nSPS) is 18.2. The Labute approximate surface area is 157 Å². The Kier molecular flexibility index (Phi) is 7.53. The second-order valence-corrected chi connectivity index (χ2v) is 7.14. The molecule has 0 radical (unpaired) electrons. The maximum Gasteiger partial charge on any atom is 0.300 e. The molecule has 1 aromatic rings. The highest BCUT2D eigenvalue weighted by molar-refractivity contribution is 7.86. The van der Waals surface area contributed by atoms with Crippen LogP contribution in [-0.4, -0.2) is 52.8 Å². The van der Waals surface area contributed by atoms with Gasteiger partial charge in [-0.25, -0.2) is 8.42 Å². The van der Waals surface area contributed by atoms with Gasteiger partial charge in [0.25, 0.3) is 5.69 Å². The molecule has 1 aliphatic heterocycles. The number of non-ortho nitro benzene ring substituents is 1. The predicted octanol–water partition coefficient (Wildman–Crippen LogP) is 0.218. The fraction of sp³-hybridized carbons (Fsp3) is 0.500. The molecule has 27 heavy (non-hydrogen) atoms. The number of quaternary nitrogens is 1. The smallest absolute Gasteiger partial charge is 0.300 e. The van der Waals surface area contributed by atoms with E-state index < -0.39 is 46.8 Å². The summed E-state index contributed by atoms with van der Waals surface area (Å²) in [5.41, 5.74) is -4.11. The van der Waals surface area contributed by atoms with E-state index >= 15 is 0 Å². The van der Waals surface area contributed by atoms with Gasteiger partial charge in [0.15, 0.2) is 0 Å². The summed E-state index contributed by atoms with van der Waals surface area (Å²) >= 11 is 5.54.